The Balaban J connectivity index is 1.82. The highest BCUT2D eigenvalue weighted by atomic mass is 19.1. The van der Waals surface area contributed by atoms with Crippen LogP contribution in [0.5, 0.6) is 5.88 Å². The second-order valence-corrected chi connectivity index (χ2v) is 6.90. The van der Waals surface area contributed by atoms with Gasteiger partial charge in [0.1, 0.15) is 5.82 Å². The number of hydrogen-bond acceptors (Lipinski definition) is 8. The first-order valence-corrected chi connectivity index (χ1v) is 9.00. The van der Waals surface area contributed by atoms with E-state index >= 15 is 0 Å². The van der Waals surface area contributed by atoms with Crippen LogP contribution >= 0.6 is 0 Å². The van der Waals surface area contributed by atoms with Crippen LogP contribution in [0.2, 0.25) is 0 Å². The fourth-order valence-electron chi connectivity index (χ4n) is 3.79. The molecule has 1 atom stereocenters. The normalized spacial score (nSPS) is 15.8. The van der Waals surface area contributed by atoms with Gasteiger partial charge >= 0.3 is 0 Å². The Kier molecular flexibility index (Phi) is 4.57. The summed E-state index contributed by atoms with van der Waals surface area (Å²) < 4.78 is 19.2. The predicted octanol–water partition coefficient (Wildman–Crippen LogP) is 2.47. The van der Waals surface area contributed by atoms with Crippen molar-refractivity contribution < 1.29 is 13.9 Å². The van der Waals surface area contributed by atoms with Crippen molar-refractivity contribution in [1.29, 1.82) is 0 Å². The lowest BCUT2D eigenvalue weighted by molar-refractivity contribution is 0.0962. The summed E-state index contributed by atoms with van der Waals surface area (Å²) in [5, 5.41) is 0. The van der Waals surface area contributed by atoms with Crippen molar-refractivity contribution in [1.82, 2.24) is 19.9 Å². The predicted molar refractivity (Wildman–Crippen MR) is 105 cm³/mol. The molecule has 4 rings (SSSR count). The molecule has 0 fully saturated rings. The molecule has 9 heteroatoms. The van der Waals surface area contributed by atoms with Gasteiger partial charge in [-0.3, -0.25) is 4.79 Å². The van der Waals surface area contributed by atoms with Crippen molar-refractivity contribution >= 4 is 17.5 Å². The van der Waals surface area contributed by atoms with Crippen molar-refractivity contribution in [3.8, 4) is 17.1 Å². The van der Waals surface area contributed by atoms with Gasteiger partial charge in [0.15, 0.2) is 11.6 Å². The molecule has 2 aromatic heterocycles. The average Bonchev–Trinajstić information content (AvgIpc) is 2.67. The van der Waals surface area contributed by atoms with Crippen molar-refractivity contribution in [2.75, 3.05) is 18.6 Å². The second kappa shape index (κ2) is 7.08. The van der Waals surface area contributed by atoms with Gasteiger partial charge in [0, 0.05) is 12.0 Å². The third kappa shape index (κ3) is 3.35. The Bertz CT molecular complexity index is 1130. The van der Waals surface area contributed by atoms with Crippen LogP contribution < -0.4 is 16.2 Å². The highest BCUT2D eigenvalue weighted by Gasteiger charge is 2.31. The highest BCUT2D eigenvalue weighted by Crippen LogP contribution is 2.38. The summed E-state index contributed by atoms with van der Waals surface area (Å²) >= 11 is 0. The number of carbonyl (C=O) groups is 1. The van der Waals surface area contributed by atoms with Gasteiger partial charge in [0.25, 0.3) is 5.88 Å². The standard InChI is InChI=1S/C20H19FN6O2/c1-9-17-14(27-20(23)25-9)5-10(6-16(17)28)12-4-3-11(21)7-13(12)15-8-24-18(22)19(26-15)29-2/h3-4,7-8,10H,5-6H2,1-2H3,(H2,22,24)(H2,23,25,27)/t10-/m0/s1. The number of rotatable bonds is 3. The minimum Gasteiger partial charge on any atom is -0.478 e. The van der Waals surface area contributed by atoms with Crippen LogP contribution in [0.15, 0.2) is 24.4 Å². The van der Waals surface area contributed by atoms with E-state index in [9.17, 15) is 9.18 Å². The molecule has 1 aliphatic carbocycles. The molecule has 0 saturated heterocycles. The summed E-state index contributed by atoms with van der Waals surface area (Å²) in [6, 6.07) is 4.39. The molecule has 29 heavy (non-hydrogen) atoms. The van der Waals surface area contributed by atoms with Crippen LogP contribution in [0, 0.1) is 12.7 Å². The molecular weight excluding hydrogens is 375 g/mol. The number of nitrogen functional groups attached to an aromatic ring is 2. The van der Waals surface area contributed by atoms with Gasteiger partial charge in [-0.1, -0.05) is 6.07 Å². The first-order chi connectivity index (χ1) is 13.9. The van der Waals surface area contributed by atoms with Crippen molar-refractivity contribution in [3.63, 3.8) is 0 Å². The molecule has 0 radical (unpaired) electrons. The molecule has 8 nitrogen and oxygen atoms in total. The highest BCUT2D eigenvalue weighted by molar-refractivity contribution is 6.00. The minimum absolute atomic E-state index is 0.0648. The molecule has 1 aromatic carbocycles. The zero-order valence-electron chi connectivity index (χ0n) is 15.9. The Hall–Kier alpha value is -3.62. The fourth-order valence-corrected chi connectivity index (χ4v) is 3.79. The summed E-state index contributed by atoms with van der Waals surface area (Å²) in [6.07, 6.45) is 2.19. The first kappa shape index (κ1) is 18.7. The number of fused-ring (bicyclic) bond motifs is 1. The van der Waals surface area contributed by atoms with E-state index in [1.807, 2.05) is 0 Å². The number of methoxy groups -OCH3 is 1. The number of hydrogen-bond donors (Lipinski definition) is 2. The van der Waals surface area contributed by atoms with Gasteiger partial charge in [-0.05, 0) is 37.0 Å². The second-order valence-electron chi connectivity index (χ2n) is 6.90. The van der Waals surface area contributed by atoms with Crippen LogP contribution in [0.1, 0.15) is 39.6 Å². The average molecular weight is 394 g/mol. The molecule has 1 aliphatic rings. The first-order valence-electron chi connectivity index (χ1n) is 9.00. The summed E-state index contributed by atoms with van der Waals surface area (Å²) in [4.78, 5) is 29.6. The Morgan fingerprint density at radius 1 is 1.17 bits per heavy atom. The van der Waals surface area contributed by atoms with Crippen molar-refractivity contribution in [2.24, 2.45) is 0 Å². The molecular formula is C20H19FN6O2. The van der Waals surface area contributed by atoms with E-state index in [2.05, 4.69) is 19.9 Å². The fraction of sp³-hybridized carbons (Fsp3) is 0.250. The van der Waals surface area contributed by atoms with E-state index < -0.39 is 5.82 Å². The number of aryl methyl sites for hydroxylation is 1. The van der Waals surface area contributed by atoms with E-state index in [-0.39, 0.29) is 35.8 Å². The van der Waals surface area contributed by atoms with Gasteiger partial charge < -0.3 is 16.2 Å². The number of carbonyl (C=O) groups excluding carboxylic acids is 1. The minimum atomic E-state index is -0.425. The van der Waals surface area contributed by atoms with E-state index in [0.29, 0.717) is 34.6 Å². The van der Waals surface area contributed by atoms with Gasteiger partial charge in [-0.15, -0.1) is 0 Å². The molecule has 0 aliphatic heterocycles. The smallest absolute Gasteiger partial charge is 0.257 e. The summed E-state index contributed by atoms with van der Waals surface area (Å²) in [5.41, 5.74) is 14.9. The lowest BCUT2D eigenvalue weighted by atomic mass is 9.79. The van der Waals surface area contributed by atoms with Crippen LogP contribution in [0.3, 0.4) is 0 Å². The monoisotopic (exact) mass is 394 g/mol. The number of Topliss-reactive ketones (excluding diaryl/α,β-unsaturated/α-hetero) is 1. The van der Waals surface area contributed by atoms with E-state index in [4.69, 9.17) is 16.2 Å². The van der Waals surface area contributed by atoms with Gasteiger partial charge in [0.2, 0.25) is 5.95 Å². The largest absolute Gasteiger partial charge is 0.478 e. The van der Waals surface area contributed by atoms with Crippen LogP contribution in [0.25, 0.3) is 11.3 Å². The quantitative estimate of drug-likeness (QED) is 0.693. The van der Waals surface area contributed by atoms with E-state index in [1.54, 1.807) is 13.0 Å². The number of halogens is 1. The molecule has 0 amide bonds. The zero-order valence-corrected chi connectivity index (χ0v) is 15.9. The number of nitrogens with zero attached hydrogens (tertiary/aromatic N) is 4. The topological polar surface area (TPSA) is 130 Å². The van der Waals surface area contributed by atoms with Crippen molar-refractivity contribution in [3.05, 3.63) is 52.7 Å². The number of benzene rings is 1. The molecule has 2 heterocycles. The number of ether oxygens (including phenoxy) is 1. The van der Waals surface area contributed by atoms with Crippen molar-refractivity contribution in [2.45, 2.75) is 25.7 Å². The maximum Gasteiger partial charge on any atom is 0.257 e. The molecule has 3 aromatic rings. The Labute approximate surface area is 166 Å². The molecule has 0 unspecified atom stereocenters. The van der Waals surface area contributed by atoms with Gasteiger partial charge in [-0.2, -0.15) is 0 Å². The summed E-state index contributed by atoms with van der Waals surface area (Å²) in [5.74, 6) is -0.290. The number of aromatic nitrogens is 4. The molecule has 4 N–H and O–H groups in total. The van der Waals surface area contributed by atoms with Crippen LogP contribution in [-0.2, 0) is 6.42 Å². The summed E-state index contributed by atoms with van der Waals surface area (Å²) in [6.45, 7) is 1.74. The van der Waals surface area contributed by atoms with Crippen LogP contribution in [-0.4, -0.2) is 32.8 Å². The lowest BCUT2D eigenvalue weighted by Crippen LogP contribution is -2.23. The third-order valence-electron chi connectivity index (χ3n) is 5.02. The molecule has 0 bridgehead atoms. The lowest BCUT2D eigenvalue weighted by Gasteiger charge is -2.26. The Morgan fingerprint density at radius 3 is 2.72 bits per heavy atom. The van der Waals surface area contributed by atoms with Gasteiger partial charge in [0.05, 0.1) is 36.0 Å². The number of nitrogens with two attached hydrogens (primary N) is 2. The molecule has 148 valence electrons. The van der Waals surface area contributed by atoms with Gasteiger partial charge in [-0.25, -0.2) is 24.3 Å². The number of ketones is 1. The van der Waals surface area contributed by atoms with Crippen LogP contribution in [0.4, 0.5) is 16.2 Å². The van der Waals surface area contributed by atoms with E-state index in [1.165, 1.54) is 25.4 Å². The SMILES string of the molecule is COc1nc(-c2cc(F)ccc2[C@@H]2CC(=O)c3c(C)nc(N)nc3C2)cnc1N. The maximum absolute atomic E-state index is 14.1. The maximum atomic E-state index is 14.1. The third-order valence-corrected chi connectivity index (χ3v) is 5.02. The zero-order chi connectivity index (χ0) is 20.7. The van der Waals surface area contributed by atoms with E-state index in [0.717, 1.165) is 5.56 Å². The Morgan fingerprint density at radius 2 is 1.97 bits per heavy atom. The molecule has 0 spiro atoms. The summed E-state index contributed by atoms with van der Waals surface area (Å²) in [7, 11) is 1.43. The number of anilines is 2. The molecule has 0 saturated carbocycles.